The SMILES string of the molecule is CC(NC(=O)C(NC(=O)C(CO)NC(=O)C(N)CS)C(C)C)C(=O)O. The predicted molar refractivity (Wildman–Crippen MR) is 92.9 cm³/mol. The highest BCUT2D eigenvalue weighted by Gasteiger charge is 2.30. The van der Waals surface area contributed by atoms with E-state index < -0.39 is 54.5 Å². The van der Waals surface area contributed by atoms with Gasteiger partial charge in [0, 0.05) is 5.75 Å². The Morgan fingerprint density at radius 3 is 1.96 bits per heavy atom. The van der Waals surface area contributed by atoms with Crippen LogP contribution >= 0.6 is 12.6 Å². The number of carbonyl (C=O) groups excluding carboxylic acids is 3. The van der Waals surface area contributed by atoms with E-state index in [-0.39, 0.29) is 11.7 Å². The monoisotopic (exact) mass is 378 g/mol. The van der Waals surface area contributed by atoms with Gasteiger partial charge < -0.3 is 31.9 Å². The average Bonchev–Trinajstić information content (AvgIpc) is 2.55. The Morgan fingerprint density at radius 2 is 1.56 bits per heavy atom. The molecule has 0 bridgehead atoms. The van der Waals surface area contributed by atoms with Crippen molar-refractivity contribution < 1.29 is 29.4 Å². The number of rotatable bonds is 10. The van der Waals surface area contributed by atoms with Crippen LogP contribution in [0, 0.1) is 5.92 Å². The van der Waals surface area contributed by atoms with Gasteiger partial charge in [0.1, 0.15) is 18.1 Å². The molecule has 0 spiro atoms. The van der Waals surface area contributed by atoms with E-state index in [1.807, 2.05) is 0 Å². The van der Waals surface area contributed by atoms with Crippen molar-refractivity contribution in [2.75, 3.05) is 12.4 Å². The van der Waals surface area contributed by atoms with Gasteiger partial charge in [-0.05, 0) is 12.8 Å². The third-order valence-electron chi connectivity index (χ3n) is 3.33. The molecule has 3 amide bonds. The predicted octanol–water partition coefficient (Wildman–Crippen LogP) is -2.55. The van der Waals surface area contributed by atoms with E-state index in [9.17, 15) is 24.3 Å². The number of hydrogen-bond donors (Lipinski definition) is 7. The zero-order valence-corrected chi connectivity index (χ0v) is 15.2. The van der Waals surface area contributed by atoms with Gasteiger partial charge in [0.2, 0.25) is 17.7 Å². The highest BCUT2D eigenvalue weighted by molar-refractivity contribution is 7.80. The van der Waals surface area contributed by atoms with Gasteiger partial charge in [0.25, 0.3) is 0 Å². The minimum Gasteiger partial charge on any atom is -0.480 e. The summed E-state index contributed by atoms with van der Waals surface area (Å²) in [6.07, 6.45) is 0. The van der Waals surface area contributed by atoms with Crippen molar-refractivity contribution in [2.24, 2.45) is 11.7 Å². The lowest BCUT2D eigenvalue weighted by atomic mass is 10.0. The number of hydrogen-bond acceptors (Lipinski definition) is 7. The standard InChI is InChI=1S/C14H26N4O6S/c1-6(2)10(13(22)16-7(3)14(23)24)18-12(21)9(4-19)17-11(20)8(15)5-25/h6-10,19,25H,4-5,15H2,1-3H3,(H,16,22)(H,17,20)(H,18,21)(H,23,24). The van der Waals surface area contributed by atoms with E-state index in [4.69, 9.17) is 10.8 Å². The van der Waals surface area contributed by atoms with Gasteiger partial charge in [-0.1, -0.05) is 13.8 Å². The molecule has 0 fully saturated rings. The third kappa shape index (κ3) is 7.71. The molecule has 0 radical (unpaired) electrons. The van der Waals surface area contributed by atoms with Crippen molar-refractivity contribution in [3.05, 3.63) is 0 Å². The van der Waals surface area contributed by atoms with E-state index in [1.54, 1.807) is 13.8 Å². The van der Waals surface area contributed by atoms with Gasteiger partial charge in [-0.15, -0.1) is 0 Å². The molecule has 0 rings (SSSR count). The van der Waals surface area contributed by atoms with Gasteiger partial charge >= 0.3 is 5.97 Å². The highest BCUT2D eigenvalue weighted by atomic mass is 32.1. The number of amides is 3. The smallest absolute Gasteiger partial charge is 0.325 e. The Bertz CT molecular complexity index is 502. The third-order valence-corrected chi connectivity index (χ3v) is 3.72. The van der Waals surface area contributed by atoms with E-state index in [2.05, 4.69) is 28.6 Å². The van der Waals surface area contributed by atoms with Crippen molar-refractivity contribution >= 4 is 36.3 Å². The van der Waals surface area contributed by atoms with Gasteiger partial charge in [0.15, 0.2) is 0 Å². The summed E-state index contributed by atoms with van der Waals surface area (Å²) in [5.41, 5.74) is 5.48. The van der Waals surface area contributed by atoms with Gasteiger partial charge in [0.05, 0.1) is 12.6 Å². The molecule has 7 N–H and O–H groups in total. The van der Waals surface area contributed by atoms with Crippen LogP contribution in [0.25, 0.3) is 0 Å². The first-order valence-electron chi connectivity index (χ1n) is 7.66. The molecule has 0 aromatic carbocycles. The van der Waals surface area contributed by atoms with Crippen LogP contribution < -0.4 is 21.7 Å². The maximum Gasteiger partial charge on any atom is 0.325 e. The van der Waals surface area contributed by atoms with Crippen LogP contribution in [0.4, 0.5) is 0 Å². The second kappa shape index (κ2) is 10.9. The highest BCUT2D eigenvalue weighted by Crippen LogP contribution is 2.03. The topological polar surface area (TPSA) is 171 Å². The fourth-order valence-electron chi connectivity index (χ4n) is 1.71. The van der Waals surface area contributed by atoms with Crippen molar-refractivity contribution in [2.45, 2.75) is 44.9 Å². The van der Waals surface area contributed by atoms with Crippen LogP contribution in [0.2, 0.25) is 0 Å². The molecule has 0 saturated heterocycles. The van der Waals surface area contributed by atoms with Crippen LogP contribution in [-0.2, 0) is 19.2 Å². The molecule has 10 nitrogen and oxygen atoms in total. The number of carbonyl (C=O) groups is 4. The van der Waals surface area contributed by atoms with Crippen molar-refractivity contribution in [3.63, 3.8) is 0 Å². The Kier molecular flexibility index (Phi) is 10.1. The summed E-state index contributed by atoms with van der Waals surface area (Å²) in [5, 5.41) is 25.0. The second-order valence-electron chi connectivity index (χ2n) is 5.83. The fraction of sp³-hybridized carbons (Fsp3) is 0.714. The number of nitrogens with one attached hydrogen (secondary N) is 3. The lowest BCUT2D eigenvalue weighted by Crippen LogP contribution is -2.59. The minimum atomic E-state index is -1.30. The van der Waals surface area contributed by atoms with Crippen LogP contribution in [0.1, 0.15) is 20.8 Å². The molecule has 0 aromatic heterocycles. The lowest BCUT2D eigenvalue weighted by molar-refractivity contribution is -0.142. The Balaban J connectivity index is 4.99. The van der Waals surface area contributed by atoms with Crippen LogP contribution in [0.5, 0.6) is 0 Å². The first-order chi connectivity index (χ1) is 11.5. The Labute approximate surface area is 151 Å². The first kappa shape index (κ1) is 23.1. The molecule has 0 heterocycles. The summed E-state index contributed by atoms with van der Waals surface area (Å²) >= 11 is 3.87. The van der Waals surface area contributed by atoms with Gasteiger partial charge in [-0.3, -0.25) is 19.2 Å². The molecule has 11 heteroatoms. The maximum absolute atomic E-state index is 12.2. The number of carboxylic acid groups (broad SMARTS) is 1. The molecular weight excluding hydrogens is 352 g/mol. The van der Waals surface area contributed by atoms with E-state index >= 15 is 0 Å². The number of aliphatic hydroxyl groups is 1. The quantitative estimate of drug-likeness (QED) is 0.205. The van der Waals surface area contributed by atoms with Crippen LogP contribution in [0.3, 0.4) is 0 Å². The summed E-state index contributed by atoms with van der Waals surface area (Å²) in [6.45, 7) is 3.89. The number of carboxylic acids is 1. The minimum absolute atomic E-state index is 0.0513. The van der Waals surface area contributed by atoms with Crippen molar-refractivity contribution in [3.8, 4) is 0 Å². The number of thiol groups is 1. The van der Waals surface area contributed by atoms with Crippen LogP contribution in [-0.4, -0.2) is 70.4 Å². The van der Waals surface area contributed by atoms with E-state index in [0.717, 1.165) is 0 Å². The van der Waals surface area contributed by atoms with Gasteiger partial charge in [-0.25, -0.2) is 0 Å². The number of aliphatic hydroxyl groups excluding tert-OH is 1. The zero-order chi connectivity index (χ0) is 19.7. The zero-order valence-electron chi connectivity index (χ0n) is 14.4. The molecule has 4 unspecified atom stereocenters. The largest absolute Gasteiger partial charge is 0.480 e. The molecule has 0 aromatic rings. The normalized spacial score (nSPS) is 15.6. The van der Waals surface area contributed by atoms with Crippen molar-refractivity contribution in [1.29, 1.82) is 0 Å². The summed E-state index contributed by atoms with van der Waals surface area (Å²) < 4.78 is 0. The first-order valence-corrected chi connectivity index (χ1v) is 8.29. The fourth-order valence-corrected chi connectivity index (χ4v) is 1.88. The second-order valence-corrected chi connectivity index (χ2v) is 6.20. The molecule has 0 aliphatic carbocycles. The average molecular weight is 378 g/mol. The molecule has 4 atom stereocenters. The molecule has 144 valence electrons. The van der Waals surface area contributed by atoms with E-state index in [1.165, 1.54) is 6.92 Å². The molecular formula is C14H26N4O6S. The summed E-state index contributed by atoms with van der Waals surface area (Å²) in [6, 6.07) is -4.43. The molecule has 0 saturated carbocycles. The Morgan fingerprint density at radius 1 is 1.00 bits per heavy atom. The Hall–Kier alpha value is -1.85. The summed E-state index contributed by atoms with van der Waals surface area (Å²) in [4.78, 5) is 46.9. The van der Waals surface area contributed by atoms with Crippen molar-refractivity contribution in [1.82, 2.24) is 16.0 Å². The molecule has 25 heavy (non-hydrogen) atoms. The van der Waals surface area contributed by atoms with Gasteiger partial charge in [-0.2, -0.15) is 12.6 Å². The molecule has 0 aliphatic rings. The van der Waals surface area contributed by atoms with E-state index in [0.29, 0.717) is 0 Å². The molecule has 0 aliphatic heterocycles. The lowest BCUT2D eigenvalue weighted by Gasteiger charge is -2.25. The number of aliphatic carboxylic acids is 1. The summed E-state index contributed by atoms with van der Waals surface area (Å²) in [7, 11) is 0. The summed E-state index contributed by atoms with van der Waals surface area (Å²) in [5.74, 6) is -3.68. The van der Waals surface area contributed by atoms with Crippen LogP contribution in [0.15, 0.2) is 0 Å². The maximum atomic E-state index is 12.2. The number of nitrogens with two attached hydrogens (primary N) is 1.